The van der Waals surface area contributed by atoms with Gasteiger partial charge in [0.15, 0.2) is 0 Å². The highest BCUT2D eigenvalue weighted by Gasteiger charge is 2.26. The smallest absolute Gasteiger partial charge is 0.0790 e. The first-order chi connectivity index (χ1) is 11.2. The van der Waals surface area contributed by atoms with Crippen molar-refractivity contribution in [3.05, 3.63) is 70.8 Å². The Bertz CT molecular complexity index is 796. The molecule has 2 aromatic carbocycles. The van der Waals surface area contributed by atoms with E-state index in [0.29, 0.717) is 0 Å². The molecule has 0 aromatic heterocycles. The molecule has 2 atom stereocenters. The normalized spacial score (nSPS) is 15.6. The number of allylic oxidation sites excluding steroid dienone is 1. The number of alkyl halides is 2. The number of fused-ring (bicyclic) bond motifs is 3. The van der Waals surface area contributed by atoms with Crippen molar-refractivity contribution in [1.29, 1.82) is 0 Å². The topological polar surface area (TPSA) is 0 Å². The van der Waals surface area contributed by atoms with Crippen molar-refractivity contribution in [2.24, 2.45) is 5.41 Å². The molecule has 3 rings (SSSR count). The molecule has 0 heterocycles. The Kier molecular flexibility index (Phi) is 4.57. The van der Waals surface area contributed by atoms with E-state index < -0.39 is 0 Å². The quantitative estimate of drug-likeness (QED) is 0.337. The van der Waals surface area contributed by atoms with E-state index in [2.05, 4.69) is 63.7 Å². The van der Waals surface area contributed by atoms with Crippen molar-refractivity contribution in [3.8, 4) is 11.1 Å². The van der Waals surface area contributed by atoms with Crippen molar-refractivity contribution >= 4 is 23.2 Å². The zero-order chi connectivity index (χ0) is 17.6. The van der Waals surface area contributed by atoms with Crippen LogP contribution in [0.4, 0.5) is 0 Å². The lowest BCUT2D eigenvalue weighted by molar-refractivity contribution is 0.396. The van der Waals surface area contributed by atoms with Gasteiger partial charge in [0.05, 0.1) is 10.8 Å². The fourth-order valence-electron chi connectivity index (χ4n) is 3.35. The van der Waals surface area contributed by atoms with E-state index in [-0.39, 0.29) is 16.2 Å². The maximum atomic E-state index is 6.67. The Morgan fingerprint density at radius 3 is 1.96 bits per heavy atom. The molecule has 0 bridgehead atoms. The van der Waals surface area contributed by atoms with Crippen molar-refractivity contribution in [2.45, 2.75) is 44.9 Å². The standard InChI is InChI=1S/C22H24Cl2/c1-13(2)20(23)14-6-8-18-16(10-14)12-17-11-15(7-9-19(17)18)21(24)22(3,4)5/h6-11,20-21H,1,12H2,2-5H3. The number of hydrogen-bond acceptors (Lipinski definition) is 0. The summed E-state index contributed by atoms with van der Waals surface area (Å²) in [4.78, 5) is 0. The van der Waals surface area contributed by atoms with E-state index in [9.17, 15) is 0 Å². The summed E-state index contributed by atoms with van der Waals surface area (Å²) in [7, 11) is 0. The first-order valence-corrected chi connectivity index (χ1v) is 9.25. The molecule has 2 heteroatoms. The average molecular weight is 359 g/mol. The zero-order valence-electron chi connectivity index (χ0n) is 14.8. The minimum absolute atomic E-state index is 0.0118. The fourth-order valence-corrected chi connectivity index (χ4v) is 3.62. The van der Waals surface area contributed by atoms with Crippen LogP contribution in [-0.2, 0) is 6.42 Å². The van der Waals surface area contributed by atoms with E-state index in [4.69, 9.17) is 23.2 Å². The first-order valence-electron chi connectivity index (χ1n) is 8.38. The van der Waals surface area contributed by atoms with Crippen LogP contribution in [0.25, 0.3) is 11.1 Å². The van der Waals surface area contributed by atoms with E-state index in [0.717, 1.165) is 17.6 Å². The molecule has 0 saturated heterocycles. The van der Waals surface area contributed by atoms with Crippen LogP contribution in [0.2, 0.25) is 0 Å². The molecule has 0 radical (unpaired) electrons. The molecule has 0 aliphatic heterocycles. The van der Waals surface area contributed by atoms with Gasteiger partial charge in [-0.25, -0.2) is 0 Å². The lowest BCUT2D eigenvalue weighted by Gasteiger charge is -2.26. The molecule has 0 nitrogen and oxygen atoms in total. The third-order valence-electron chi connectivity index (χ3n) is 4.71. The summed E-state index contributed by atoms with van der Waals surface area (Å²) >= 11 is 13.1. The van der Waals surface area contributed by atoms with Gasteiger partial charge in [-0.15, -0.1) is 23.2 Å². The third kappa shape index (κ3) is 3.15. The summed E-state index contributed by atoms with van der Waals surface area (Å²) in [6, 6.07) is 13.2. The fraction of sp³-hybridized carbons (Fsp3) is 0.364. The zero-order valence-corrected chi connectivity index (χ0v) is 16.3. The summed E-state index contributed by atoms with van der Waals surface area (Å²) in [5.74, 6) is 0. The summed E-state index contributed by atoms with van der Waals surface area (Å²) in [5.41, 5.74) is 8.68. The van der Waals surface area contributed by atoms with Gasteiger partial charge < -0.3 is 0 Å². The van der Waals surface area contributed by atoms with Gasteiger partial charge in [0.2, 0.25) is 0 Å². The molecule has 0 spiro atoms. The molecule has 126 valence electrons. The second kappa shape index (κ2) is 6.24. The van der Waals surface area contributed by atoms with Gasteiger partial charge in [-0.3, -0.25) is 0 Å². The van der Waals surface area contributed by atoms with Crippen molar-refractivity contribution in [2.75, 3.05) is 0 Å². The van der Waals surface area contributed by atoms with Crippen LogP contribution < -0.4 is 0 Å². The molecule has 1 aliphatic carbocycles. The number of hydrogen-bond donors (Lipinski definition) is 0. The third-order valence-corrected chi connectivity index (χ3v) is 6.24. The Labute approximate surface area is 155 Å². The lowest BCUT2D eigenvalue weighted by atomic mass is 9.86. The highest BCUT2D eigenvalue weighted by atomic mass is 35.5. The Morgan fingerprint density at radius 2 is 1.46 bits per heavy atom. The van der Waals surface area contributed by atoms with Crippen LogP contribution in [0.3, 0.4) is 0 Å². The van der Waals surface area contributed by atoms with Crippen LogP contribution in [0, 0.1) is 5.41 Å². The molecule has 1 aliphatic rings. The second-order valence-electron chi connectivity index (χ2n) is 7.95. The van der Waals surface area contributed by atoms with Gasteiger partial charge in [-0.1, -0.05) is 69.3 Å². The molecule has 0 N–H and O–H groups in total. The predicted molar refractivity (Wildman–Crippen MR) is 106 cm³/mol. The monoisotopic (exact) mass is 358 g/mol. The molecule has 24 heavy (non-hydrogen) atoms. The van der Waals surface area contributed by atoms with E-state index in [1.54, 1.807) is 0 Å². The van der Waals surface area contributed by atoms with Crippen molar-refractivity contribution in [3.63, 3.8) is 0 Å². The van der Waals surface area contributed by atoms with Gasteiger partial charge in [0, 0.05) is 0 Å². The molecule has 0 amide bonds. The summed E-state index contributed by atoms with van der Waals surface area (Å²) in [6.07, 6.45) is 0.944. The molecule has 2 aromatic rings. The van der Waals surface area contributed by atoms with Crippen LogP contribution >= 0.6 is 23.2 Å². The van der Waals surface area contributed by atoms with Gasteiger partial charge in [-0.05, 0) is 52.1 Å². The number of benzene rings is 2. The van der Waals surface area contributed by atoms with Crippen LogP contribution in [0.1, 0.15) is 60.7 Å². The summed E-state index contributed by atoms with van der Waals surface area (Å²) < 4.78 is 0. The van der Waals surface area contributed by atoms with Crippen LogP contribution in [0.5, 0.6) is 0 Å². The van der Waals surface area contributed by atoms with Crippen LogP contribution in [-0.4, -0.2) is 0 Å². The molecule has 0 saturated carbocycles. The highest BCUT2D eigenvalue weighted by Crippen LogP contribution is 2.43. The van der Waals surface area contributed by atoms with Crippen molar-refractivity contribution < 1.29 is 0 Å². The predicted octanol–water partition coefficient (Wildman–Crippen LogP) is 7.44. The molecule has 2 unspecified atom stereocenters. The minimum atomic E-state index is -0.123. The minimum Gasteiger partial charge on any atom is -0.117 e. The van der Waals surface area contributed by atoms with E-state index >= 15 is 0 Å². The maximum absolute atomic E-state index is 6.67. The lowest BCUT2D eigenvalue weighted by Crippen LogP contribution is -2.13. The average Bonchev–Trinajstić information content (AvgIpc) is 2.88. The Morgan fingerprint density at radius 1 is 0.958 bits per heavy atom. The number of halogens is 2. The second-order valence-corrected chi connectivity index (χ2v) is 8.82. The summed E-state index contributed by atoms with van der Waals surface area (Å²) in [6.45, 7) is 12.5. The van der Waals surface area contributed by atoms with Crippen LogP contribution in [0.15, 0.2) is 48.6 Å². The van der Waals surface area contributed by atoms with Crippen molar-refractivity contribution in [1.82, 2.24) is 0 Å². The van der Waals surface area contributed by atoms with Gasteiger partial charge >= 0.3 is 0 Å². The maximum Gasteiger partial charge on any atom is 0.0790 e. The van der Waals surface area contributed by atoms with Gasteiger partial charge in [-0.2, -0.15) is 0 Å². The highest BCUT2D eigenvalue weighted by molar-refractivity contribution is 6.22. The Hall–Kier alpha value is -1.24. The molecule has 0 fully saturated rings. The van der Waals surface area contributed by atoms with Gasteiger partial charge in [0.1, 0.15) is 0 Å². The summed E-state index contributed by atoms with van der Waals surface area (Å²) in [5, 5.41) is -0.111. The Balaban J connectivity index is 1.96. The molecular formula is C22H24Cl2. The van der Waals surface area contributed by atoms with Gasteiger partial charge in [0.25, 0.3) is 0 Å². The SMILES string of the molecule is C=C(C)C(Cl)c1ccc2c(c1)Cc1cc(C(Cl)C(C)(C)C)ccc1-2. The molecular weight excluding hydrogens is 335 g/mol. The van der Waals surface area contributed by atoms with E-state index in [1.165, 1.54) is 27.8 Å². The first kappa shape index (κ1) is 17.6. The largest absolute Gasteiger partial charge is 0.117 e. The van der Waals surface area contributed by atoms with E-state index in [1.807, 2.05) is 6.92 Å². The number of rotatable bonds is 3.